The van der Waals surface area contributed by atoms with Gasteiger partial charge in [-0.15, -0.1) is 0 Å². The number of imidazole rings is 1. The molecule has 0 unspecified atom stereocenters. The number of unbranched alkanes of at least 4 members (excludes halogenated alkanes) is 1. The topological polar surface area (TPSA) is 17.8 Å². The average Bonchev–Trinajstić information content (AvgIpc) is 3.10. The molecule has 1 heterocycles. The van der Waals surface area contributed by atoms with Gasteiger partial charge < -0.3 is 0 Å². The van der Waals surface area contributed by atoms with Crippen LogP contribution < -0.4 is 0 Å². The van der Waals surface area contributed by atoms with Crippen molar-refractivity contribution in [1.82, 2.24) is 9.55 Å². The first-order valence-corrected chi connectivity index (χ1v) is 9.71. The fraction of sp³-hybridized carbons (Fsp3) is 0.375. The highest BCUT2D eigenvalue weighted by molar-refractivity contribution is 5.60. The number of hydrogen-bond acceptors (Lipinski definition) is 1. The summed E-state index contributed by atoms with van der Waals surface area (Å²) in [5, 5.41) is 0. The third-order valence-electron chi connectivity index (χ3n) is 4.05. The molecule has 0 spiro atoms. The molecule has 3 rings (SSSR count). The van der Waals surface area contributed by atoms with Gasteiger partial charge in [0.1, 0.15) is 5.82 Å². The minimum absolute atomic E-state index is 0.833. The summed E-state index contributed by atoms with van der Waals surface area (Å²) in [6.07, 6.45) is 7.54. The molecule has 0 aliphatic heterocycles. The lowest BCUT2D eigenvalue weighted by Gasteiger charge is -2.11. The highest BCUT2D eigenvalue weighted by Crippen LogP contribution is 2.24. The van der Waals surface area contributed by atoms with Crippen molar-refractivity contribution in [2.24, 2.45) is 5.92 Å². The van der Waals surface area contributed by atoms with Gasteiger partial charge in [-0.1, -0.05) is 76.6 Å². The second kappa shape index (κ2) is 9.96. The molecule has 0 saturated heterocycles. The zero-order chi connectivity index (χ0) is 18.9. The number of aromatic nitrogens is 2. The maximum absolute atomic E-state index is 4.56. The second-order valence-corrected chi connectivity index (χ2v) is 7.44. The van der Waals surface area contributed by atoms with Crippen molar-refractivity contribution in [2.75, 3.05) is 0 Å². The van der Waals surface area contributed by atoms with Gasteiger partial charge >= 0.3 is 0 Å². The Labute approximate surface area is 158 Å². The van der Waals surface area contributed by atoms with Gasteiger partial charge in [0.05, 0.1) is 0 Å². The first-order chi connectivity index (χ1) is 12.5. The zero-order valence-electron chi connectivity index (χ0n) is 16.9. The third kappa shape index (κ3) is 5.59. The van der Waals surface area contributed by atoms with Gasteiger partial charge in [-0.3, -0.25) is 4.57 Å². The Balaban J connectivity index is 0.000000552. The largest absolute Gasteiger partial charge is 0.300 e. The van der Waals surface area contributed by atoms with Crippen LogP contribution in [0.2, 0.25) is 0 Å². The average molecular weight is 349 g/mol. The van der Waals surface area contributed by atoms with E-state index in [1.807, 2.05) is 12.4 Å². The molecule has 0 amide bonds. The lowest BCUT2D eigenvalue weighted by Crippen LogP contribution is -1.98. The smallest absolute Gasteiger partial charge is 0.144 e. The van der Waals surface area contributed by atoms with E-state index < -0.39 is 0 Å². The SMILES string of the molecule is CC(C)C.CCCCc1ccc(-c2nccn2-c2ccccc2C)cc1. The van der Waals surface area contributed by atoms with E-state index in [0.29, 0.717) is 0 Å². The Morgan fingerprint density at radius 3 is 2.23 bits per heavy atom. The minimum Gasteiger partial charge on any atom is -0.300 e. The van der Waals surface area contributed by atoms with Crippen LogP contribution in [0, 0.1) is 12.8 Å². The van der Waals surface area contributed by atoms with E-state index in [-0.39, 0.29) is 0 Å². The number of para-hydroxylation sites is 1. The maximum Gasteiger partial charge on any atom is 0.144 e. The van der Waals surface area contributed by atoms with Crippen LogP contribution in [0.4, 0.5) is 0 Å². The molecule has 0 saturated carbocycles. The third-order valence-corrected chi connectivity index (χ3v) is 4.05. The van der Waals surface area contributed by atoms with Crippen molar-refractivity contribution in [3.8, 4) is 17.1 Å². The standard InChI is InChI=1S/C20H22N2.C4H10/c1-3-4-8-17-10-12-18(13-11-17)20-21-14-15-22(20)19-9-6-5-7-16(19)2;1-4(2)3/h5-7,9-15H,3-4,8H2,1-2H3;4H,1-3H3. The second-order valence-electron chi connectivity index (χ2n) is 7.44. The number of rotatable bonds is 5. The lowest BCUT2D eigenvalue weighted by molar-refractivity contribution is 0.737. The molecule has 1 aromatic heterocycles. The van der Waals surface area contributed by atoms with Crippen LogP contribution in [-0.4, -0.2) is 9.55 Å². The quantitative estimate of drug-likeness (QED) is 0.493. The molecule has 3 aromatic rings. The predicted octanol–water partition coefficient (Wildman–Crippen LogP) is 6.85. The van der Waals surface area contributed by atoms with Gasteiger partial charge in [-0.2, -0.15) is 0 Å². The molecule has 0 fully saturated rings. The Morgan fingerprint density at radius 1 is 0.962 bits per heavy atom. The number of aryl methyl sites for hydroxylation is 2. The Morgan fingerprint density at radius 2 is 1.62 bits per heavy atom. The summed E-state index contributed by atoms with van der Waals surface area (Å²) < 4.78 is 2.16. The summed E-state index contributed by atoms with van der Waals surface area (Å²) in [6.45, 7) is 10.9. The summed E-state index contributed by atoms with van der Waals surface area (Å²) in [4.78, 5) is 4.56. The fourth-order valence-electron chi connectivity index (χ4n) is 2.75. The molecule has 2 nitrogen and oxygen atoms in total. The Hall–Kier alpha value is -2.35. The van der Waals surface area contributed by atoms with Crippen LogP contribution in [-0.2, 0) is 6.42 Å². The molecule has 0 N–H and O–H groups in total. The van der Waals surface area contributed by atoms with E-state index >= 15 is 0 Å². The molecule has 0 aliphatic rings. The number of nitrogens with zero attached hydrogens (tertiary/aromatic N) is 2. The van der Waals surface area contributed by atoms with E-state index in [2.05, 4.69) is 92.7 Å². The molecule has 2 aromatic carbocycles. The molecule has 0 bridgehead atoms. The molecule has 2 heteroatoms. The van der Waals surface area contributed by atoms with Gasteiger partial charge in [0.15, 0.2) is 0 Å². The summed E-state index contributed by atoms with van der Waals surface area (Å²) in [7, 11) is 0. The van der Waals surface area contributed by atoms with Gasteiger partial charge in [-0.25, -0.2) is 4.98 Å². The van der Waals surface area contributed by atoms with Crippen LogP contribution in [0.3, 0.4) is 0 Å². The van der Waals surface area contributed by atoms with Crippen molar-refractivity contribution in [3.63, 3.8) is 0 Å². The van der Waals surface area contributed by atoms with Gasteiger partial charge in [0.2, 0.25) is 0 Å². The van der Waals surface area contributed by atoms with Gasteiger partial charge in [-0.05, 0) is 42.9 Å². The van der Waals surface area contributed by atoms with Gasteiger partial charge in [0.25, 0.3) is 0 Å². The summed E-state index contributed by atoms with van der Waals surface area (Å²) in [5.74, 6) is 1.83. The summed E-state index contributed by atoms with van der Waals surface area (Å²) >= 11 is 0. The molecule has 0 aliphatic carbocycles. The number of hydrogen-bond donors (Lipinski definition) is 0. The minimum atomic E-state index is 0.833. The van der Waals surface area contributed by atoms with E-state index in [0.717, 1.165) is 23.7 Å². The molecule has 138 valence electrons. The molecule has 26 heavy (non-hydrogen) atoms. The van der Waals surface area contributed by atoms with Crippen molar-refractivity contribution < 1.29 is 0 Å². The summed E-state index contributed by atoms with van der Waals surface area (Å²) in [5.41, 5.74) is 5.00. The van der Waals surface area contributed by atoms with Crippen molar-refractivity contribution >= 4 is 0 Å². The van der Waals surface area contributed by atoms with Crippen LogP contribution in [0.15, 0.2) is 60.9 Å². The highest BCUT2D eigenvalue weighted by atomic mass is 15.1. The highest BCUT2D eigenvalue weighted by Gasteiger charge is 2.09. The van der Waals surface area contributed by atoms with Crippen molar-refractivity contribution in [1.29, 1.82) is 0 Å². The molecule has 0 radical (unpaired) electrons. The van der Waals surface area contributed by atoms with E-state index in [9.17, 15) is 0 Å². The lowest BCUT2D eigenvalue weighted by atomic mass is 10.1. The fourth-order valence-corrected chi connectivity index (χ4v) is 2.75. The van der Waals surface area contributed by atoms with E-state index in [1.54, 1.807) is 0 Å². The van der Waals surface area contributed by atoms with Crippen LogP contribution in [0.25, 0.3) is 17.1 Å². The molecular formula is C24H32N2. The first-order valence-electron chi connectivity index (χ1n) is 9.71. The zero-order valence-corrected chi connectivity index (χ0v) is 16.9. The Kier molecular flexibility index (Phi) is 7.65. The predicted molar refractivity (Wildman–Crippen MR) is 113 cm³/mol. The van der Waals surface area contributed by atoms with Crippen LogP contribution >= 0.6 is 0 Å². The van der Waals surface area contributed by atoms with E-state index in [1.165, 1.54) is 29.7 Å². The molecule has 0 atom stereocenters. The number of benzene rings is 2. The molecular weight excluding hydrogens is 316 g/mol. The van der Waals surface area contributed by atoms with Crippen molar-refractivity contribution in [2.45, 2.75) is 53.9 Å². The van der Waals surface area contributed by atoms with Crippen molar-refractivity contribution in [3.05, 3.63) is 72.1 Å². The maximum atomic E-state index is 4.56. The normalized spacial score (nSPS) is 10.5. The van der Waals surface area contributed by atoms with Crippen LogP contribution in [0.1, 0.15) is 51.7 Å². The van der Waals surface area contributed by atoms with E-state index in [4.69, 9.17) is 0 Å². The monoisotopic (exact) mass is 348 g/mol. The Bertz CT molecular complexity index is 779. The van der Waals surface area contributed by atoms with Crippen LogP contribution in [0.5, 0.6) is 0 Å². The summed E-state index contributed by atoms with van der Waals surface area (Å²) in [6, 6.07) is 17.2. The first kappa shape index (κ1) is 20.0. The van der Waals surface area contributed by atoms with Gasteiger partial charge in [0, 0.05) is 23.6 Å².